The maximum Gasteiger partial charge on any atom is 0.321 e. The predicted molar refractivity (Wildman–Crippen MR) is 118 cm³/mol. The molecule has 1 aromatic carbocycles. The van der Waals surface area contributed by atoms with Crippen molar-refractivity contribution in [2.24, 2.45) is 11.3 Å². The van der Waals surface area contributed by atoms with E-state index < -0.39 is 0 Å². The fraction of sp³-hybridized carbons (Fsp3) is 0.333. The van der Waals surface area contributed by atoms with Crippen molar-refractivity contribution in [2.45, 2.75) is 19.3 Å². The van der Waals surface area contributed by atoms with E-state index in [4.69, 9.17) is 9.68 Å². The lowest BCUT2D eigenvalue weighted by Gasteiger charge is -2.33. The number of carbonyl (C=O) groups excluding carboxylic acids is 2. The van der Waals surface area contributed by atoms with E-state index in [-0.39, 0.29) is 17.4 Å². The minimum atomic E-state index is -0.206. The van der Waals surface area contributed by atoms with E-state index in [2.05, 4.69) is 21.7 Å². The van der Waals surface area contributed by atoms with Crippen LogP contribution >= 0.6 is 0 Å². The van der Waals surface area contributed by atoms with E-state index in [0.29, 0.717) is 48.1 Å². The van der Waals surface area contributed by atoms with Crippen LogP contribution in [0.2, 0.25) is 0 Å². The summed E-state index contributed by atoms with van der Waals surface area (Å²) in [6, 6.07) is 12.3. The zero-order valence-electron chi connectivity index (χ0n) is 17.5. The molecular weight excluding hydrogens is 406 g/mol. The molecule has 3 heterocycles. The molecule has 3 amide bonds. The summed E-state index contributed by atoms with van der Waals surface area (Å²) in [6.45, 7) is 2.01. The fourth-order valence-electron chi connectivity index (χ4n) is 4.62. The topological polar surface area (TPSA) is 111 Å². The molecule has 32 heavy (non-hydrogen) atoms. The number of aromatic nitrogens is 1. The molecule has 162 valence electrons. The SMILES string of the molecule is N#Cc1ccc(NC(=O)N2CCC3(CC2)CC3CNC(=O)c2cc3ccncc3o2)cc1. The van der Waals surface area contributed by atoms with Crippen LogP contribution in [0.15, 0.2) is 53.2 Å². The van der Waals surface area contributed by atoms with Crippen LogP contribution < -0.4 is 10.6 Å². The van der Waals surface area contributed by atoms with E-state index >= 15 is 0 Å². The van der Waals surface area contributed by atoms with Crippen molar-refractivity contribution in [3.63, 3.8) is 0 Å². The van der Waals surface area contributed by atoms with Crippen molar-refractivity contribution >= 4 is 28.6 Å². The molecule has 2 aromatic heterocycles. The average Bonchev–Trinajstić information content (AvgIpc) is 3.29. The Hall–Kier alpha value is -3.86. The van der Waals surface area contributed by atoms with Crippen molar-refractivity contribution in [3.8, 4) is 6.07 Å². The first kappa shape index (κ1) is 20.1. The summed E-state index contributed by atoms with van der Waals surface area (Å²) in [7, 11) is 0. The molecule has 3 aromatic rings. The second-order valence-electron chi connectivity index (χ2n) is 8.60. The number of benzene rings is 1. The van der Waals surface area contributed by atoms with Gasteiger partial charge in [0.25, 0.3) is 5.91 Å². The van der Waals surface area contributed by atoms with Crippen LogP contribution in [0.4, 0.5) is 10.5 Å². The molecule has 8 heteroatoms. The van der Waals surface area contributed by atoms with Gasteiger partial charge in [-0.1, -0.05) is 0 Å². The van der Waals surface area contributed by atoms with Crippen LogP contribution in [0.3, 0.4) is 0 Å². The Kier molecular flexibility index (Phi) is 5.02. The number of fused-ring (bicyclic) bond motifs is 1. The van der Waals surface area contributed by atoms with Gasteiger partial charge in [0.15, 0.2) is 11.3 Å². The van der Waals surface area contributed by atoms with Gasteiger partial charge in [-0.25, -0.2) is 4.79 Å². The number of urea groups is 1. The Morgan fingerprint density at radius 1 is 1.22 bits per heavy atom. The van der Waals surface area contributed by atoms with Gasteiger partial charge in [-0.05, 0) is 67.0 Å². The highest BCUT2D eigenvalue weighted by molar-refractivity contribution is 5.95. The summed E-state index contributed by atoms with van der Waals surface area (Å²) in [5, 5.41) is 15.6. The Labute approximate surface area is 185 Å². The number of nitrogens with zero attached hydrogens (tertiary/aromatic N) is 3. The van der Waals surface area contributed by atoms with Crippen molar-refractivity contribution in [1.29, 1.82) is 5.26 Å². The zero-order valence-corrected chi connectivity index (χ0v) is 17.5. The number of hydrogen-bond donors (Lipinski definition) is 2. The lowest BCUT2D eigenvalue weighted by atomic mass is 9.91. The number of anilines is 1. The van der Waals surface area contributed by atoms with Crippen molar-refractivity contribution in [2.75, 3.05) is 25.0 Å². The van der Waals surface area contributed by atoms with Crippen LogP contribution in [0.1, 0.15) is 35.4 Å². The van der Waals surface area contributed by atoms with Crippen LogP contribution in [0.5, 0.6) is 0 Å². The van der Waals surface area contributed by atoms with Crippen LogP contribution in [0.25, 0.3) is 11.0 Å². The number of nitrogens with one attached hydrogen (secondary N) is 2. The minimum Gasteiger partial charge on any atom is -0.449 e. The number of amides is 3. The standard InChI is InChI=1S/C24H23N5O3/c25-13-16-1-3-19(4-2-16)28-23(31)29-9-6-24(7-10-29)12-18(24)14-27-22(30)20-11-17-5-8-26-15-21(17)32-20/h1-5,8,11,15,18H,6-7,9-10,12,14H2,(H,27,30)(H,28,31). The van der Waals surface area contributed by atoms with Gasteiger partial charge in [-0.2, -0.15) is 5.26 Å². The first-order chi connectivity index (χ1) is 15.6. The van der Waals surface area contributed by atoms with E-state index in [1.54, 1.807) is 42.7 Å². The highest BCUT2D eigenvalue weighted by Crippen LogP contribution is 2.59. The van der Waals surface area contributed by atoms with Crippen LogP contribution in [-0.2, 0) is 0 Å². The first-order valence-electron chi connectivity index (χ1n) is 10.7. The number of furan rings is 1. The second kappa shape index (κ2) is 8.00. The van der Waals surface area contributed by atoms with Crippen LogP contribution in [-0.4, -0.2) is 41.5 Å². The van der Waals surface area contributed by atoms with Crippen LogP contribution in [0, 0.1) is 22.7 Å². The molecule has 0 radical (unpaired) electrons. The summed E-state index contributed by atoms with van der Waals surface area (Å²) in [5.74, 6) is 0.528. The highest BCUT2D eigenvalue weighted by atomic mass is 16.3. The first-order valence-corrected chi connectivity index (χ1v) is 10.7. The number of rotatable bonds is 4. The summed E-state index contributed by atoms with van der Waals surface area (Å²) >= 11 is 0. The summed E-state index contributed by atoms with van der Waals surface area (Å²) in [6.07, 6.45) is 6.22. The summed E-state index contributed by atoms with van der Waals surface area (Å²) in [5.41, 5.74) is 2.07. The molecule has 2 N–H and O–H groups in total. The quantitative estimate of drug-likeness (QED) is 0.656. The lowest BCUT2D eigenvalue weighted by Crippen LogP contribution is -2.42. The van der Waals surface area contributed by atoms with Crippen molar-refractivity contribution < 1.29 is 14.0 Å². The molecule has 1 unspecified atom stereocenters. The molecular formula is C24H23N5O3. The number of likely N-dealkylation sites (tertiary alicyclic amines) is 1. The molecule has 1 aliphatic carbocycles. The Morgan fingerprint density at radius 2 is 2.00 bits per heavy atom. The molecule has 1 saturated heterocycles. The van der Waals surface area contributed by atoms with Gasteiger partial charge in [0, 0.05) is 36.9 Å². The normalized spacial score (nSPS) is 18.8. The van der Waals surface area contributed by atoms with Gasteiger partial charge in [-0.15, -0.1) is 0 Å². The zero-order chi connectivity index (χ0) is 22.1. The van der Waals surface area contributed by atoms with E-state index in [1.807, 2.05) is 11.0 Å². The van der Waals surface area contributed by atoms with E-state index in [0.717, 1.165) is 24.6 Å². The minimum absolute atomic E-state index is 0.116. The number of hydrogen-bond acceptors (Lipinski definition) is 5. The number of pyridine rings is 1. The van der Waals surface area contributed by atoms with Gasteiger partial charge in [0.1, 0.15) is 0 Å². The molecule has 0 bridgehead atoms. The van der Waals surface area contributed by atoms with E-state index in [9.17, 15) is 9.59 Å². The number of nitriles is 1. The second-order valence-corrected chi connectivity index (χ2v) is 8.60. The van der Waals surface area contributed by atoms with Gasteiger partial charge in [0.05, 0.1) is 17.8 Å². The highest BCUT2D eigenvalue weighted by Gasteiger charge is 2.54. The average molecular weight is 429 g/mol. The van der Waals surface area contributed by atoms with E-state index in [1.165, 1.54) is 0 Å². The molecule has 1 atom stereocenters. The molecule has 1 aliphatic heterocycles. The smallest absolute Gasteiger partial charge is 0.321 e. The van der Waals surface area contributed by atoms with Crippen molar-refractivity contribution in [1.82, 2.24) is 15.2 Å². The molecule has 8 nitrogen and oxygen atoms in total. The molecule has 5 rings (SSSR count). The molecule has 2 fully saturated rings. The maximum atomic E-state index is 12.6. The molecule has 2 aliphatic rings. The Morgan fingerprint density at radius 3 is 2.72 bits per heavy atom. The third-order valence-corrected chi connectivity index (χ3v) is 6.73. The number of carbonyl (C=O) groups is 2. The summed E-state index contributed by atoms with van der Waals surface area (Å²) < 4.78 is 5.58. The number of piperidine rings is 1. The maximum absolute atomic E-state index is 12.6. The summed E-state index contributed by atoms with van der Waals surface area (Å²) in [4.78, 5) is 30.9. The third kappa shape index (κ3) is 3.89. The largest absolute Gasteiger partial charge is 0.449 e. The lowest BCUT2D eigenvalue weighted by molar-refractivity contribution is 0.0923. The van der Waals surface area contributed by atoms with Gasteiger partial charge < -0.3 is 20.0 Å². The van der Waals surface area contributed by atoms with Crippen molar-refractivity contribution in [3.05, 3.63) is 60.1 Å². The Bertz CT molecular complexity index is 1170. The fourth-order valence-corrected chi connectivity index (χ4v) is 4.62. The molecule has 1 spiro atoms. The van der Waals surface area contributed by atoms with Gasteiger partial charge in [0.2, 0.25) is 0 Å². The predicted octanol–water partition coefficient (Wildman–Crippen LogP) is 3.76. The van der Waals surface area contributed by atoms with Gasteiger partial charge >= 0.3 is 6.03 Å². The third-order valence-electron chi connectivity index (χ3n) is 6.73. The molecule has 1 saturated carbocycles. The monoisotopic (exact) mass is 429 g/mol. The Balaban J connectivity index is 1.09. The van der Waals surface area contributed by atoms with Gasteiger partial charge in [-0.3, -0.25) is 9.78 Å².